The van der Waals surface area contributed by atoms with E-state index in [9.17, 15) is 14.4 Å². The lowest BCUT2D eigenvalue weighted by atomic mass is 10.1. The lowest BCUT2D eigenvalue weighted by Crippen LogP contribution is -2.42. The monoisotopic (exact) mass is 481 g/mol. The van der Waals surface area contributed by atoms with Crippen molar-refractivity contribution in [3.63, 3.8) is 0 Å². The Hall–Kier alpha value is -3.56. The maximum Gasteiger partial charge on any atom is 0.290 e. The lowest BCUT2D eigenvalue weighted by molar-refractivity contribution is 0.0845. The van der Waals surface area contributed by atoms with Crippen molar-refractivity contribution < 1.29 is 9.59 Å². The summed E-state index contributed by atoms with van der Waals surface area (Å²) in [6.45, 7) is 5.32. The van der Waals surface area contributed by atoms with Crippen molar-refractivity contribution in [2.24, 2.45) is 0 Å². The fourth-order valence-electron chi connectivity index (χ4n) is 3.31. The highest BCUT2D eigenvalue weighted by Gasteiger charge is 2.20. The average molecular weight is 482 g/mol. The highest BCUT2D eigenvalue weighted by atomic mass is 35.5. The van der Waals surface area contributed by atoms with Gasteiger partial charge in [0.1, 0.15) is 9.88 Å². The highest BCUT2D eigenvalue weighted by molar-refractivity contribution is 7.17. The summed E-state index contributed by atoms with van der Waals surface area (Å²) in [6, 6.07) is 13.7. The van der Waals surface area contributed by atoms with E-state index in [0.717, 1.165) is 5.56 Å². The van der Waals surface area contributed by atoms with Gasteiger partial charge in [0, 0.05) is 16.0 Å². The predicted molar refractivity (Wildman–Crippen MR) is 129 cm³/mol. The zero-order chi connectivity index (χ0) is 23.7. The molecule has 2 aromatic carbocycles. The first-order chi connectivity index (χ1) is 15.8. The maximum absolute atomic E-state index is 12.9. The molecule has 2 heterocycles. The van der Waals surface area contributed by atoms with Crippen LogP contribution in [0.4, 0.5) is 0 Å². The molecular formula is C23H20ClN5O3S. The number of hydrogen-bond acceptors (Lipinski definition) is 6. The van der Waals surface area contributed by atoms with Gasteiger partial charge in [0.2, 0.25) is 0 Å². The molecule has 2 amide bonds. The number of halogens is 1. The summed E-state index contributed by atoms with van der Waals surface area (Å²) in [5, 5.41) is 6.23. The molecule has 0 aliphatic heterocycles. The topological polar surface area (TPSA) is 106 Å². The van der Waals surface area contributed by atoms with Crippen LogP contribution in [-0.2, 0) is 0 Å². The van der Waals surface area contributed by atoms with Gasteiger partial charge >= 0.3 is 0 Å². The number of hydrazine groups is 1. The molecule has 33 heavy (non-hydrogen) atoms. The van der Waals surface area contributed by atoms with Crippen LogP contribution in [0.5, 0.6) is 0 Å². The Kier molecular flexibility index (Phi) is 6.26. The summed E-state index contributed by atoms with van der Waals surface area (Å²) in [6.07, 6.45) is 0. The molecule has 0 aliphatic carbocycles. The number of fused-ring (bicyclic) bond motifs is 1. The van der Waals surface area contributed by atoms with Crippen LogP contribution in [-0.4, -0.2) is 26.6 Å². The van der Waals surface area contributed by atoms with Crippen molar-refractivity contribution >= 4 is 45.5 Å². The van der Waals surface area contributed by atoms with Crippen LogP contribution >= 0.6 is 22.9 Å². The van der Waals surface area contributed by atoms with E-state index in [4.69, 9.17) is 11.6 Å². The van der Waals surface area contributed by atoms with Crippen LogP contribution in [0.2, 0.25) is 5.02 Å². The van der Waals surface area contributed by atoms with Gasteiger partial charge < -0.3 is 0 Å². The van der Waals surface area contributed by atoms with Gasteiger partial charge in [-0.15, -0.1) is 11.3 Å². The fraction of sp³-hybridized carbons (Fsp3) is 0.174. The van der Waals surface area contributed by atoms with Gasteiger partial charge in [-0.25, -0.2) is 9.67 Å². The van der Waals surface area contributed by atoms with Gasteiger partial charge in [-0.05, 0) is 39.0 Å². The molecule has 0 spiro atoms. The smallest absolute Gasteiger partial charge is 0.267 e. The van der Waals surface area contributed by atoms with Crippen LogP contribution in [0.3, 0.4) is 0 Å². The van der Waals surface area contributed by atoms with Crippen LogP contribution < -0.4 is 16.4 Å². The first-order valence-electron chi connectivity index (χ1n) is 10.1. The van der Waals surface area contributed by atoms with Crippen molar-refractivity contribution in [2.45, 2.75) is 26.8 Å². The molecular weight excluding hydrogens is 462 g/mol. The minimum Gasteiger partial charge on any atom is -0.267 e. The van der Waals surface area contributed by atoms with Gasteiger partial charge in [0.05, 0.1) is 17.1 Å². The second-order valence-corrected chi connectivity index (χ2v) is 9.03. The Morgan fingerprint density at radius 3 is 2.42 bits per heavy atom. The number of nitrogens with one attached hydrogen (secondary N) is 2. The molecule has 10 heteroatoms. The molecule has 0 aliphatic rings. The van der Waals surface area contributed by atoms with E-state index in [1.54, 1.807) is 57.2 Å². The SMILES string of the molecule is Cc1nc(-c2cccc(Cl)c2)sc1C(=O)NNC(=O)c1nn(C(C)C)c(=O)c2ccccc12. The number of hydrogen-bond donors (Lipinski definition) is 2. The number of carbonyl (C=O) groups excluding carboxylic acids is 2. The van der Waals surface area contributed by atoms with Gasteiger partial charge in [-0.3, -0.25) is 25.2 Å². The number of aryl methyl sites for hydroxylation is 1. The van der Waals surface area contributed by atoms with Gasteiger partial charge in [-0.1, -0.05) is 41.9 Å². The number of rotatable bonds is 4. The van der Waals surface area contributed by atoms with Crippen molar-refractivity contribution in [2.75, 3.05) is 0 Å². The Morgan fingerprint density at radius 1 is 1.03 bits per heavy atom. The molecule has 0 fully saturated rings. The third-order valence-corrected chi connectivity index (χ3v) is 6.34. The Labute approximate surface area is 198 Å². The minimum atomic E-state index is -0.633. The van der Waals surface area contributed by atoms with Crippen molar-refractivity contribution in [3.05, 3.63) is 80.2 Å². The number of thiazole rings is 1. The van der Waals surface area contributed by atoms with E-state index < -0.39 is 11.8 Å². The lowest BCUT2D eigenvalue weighted by Gasteiger charge is -2.13. The number of amides is 2. The highest BCUT2D eigenvalue weighted by Crippen LogP contribution is 2.29. The molecule has 0 atom stereocenters. The summed E-state index contributed by atoms with van der Waals surface area (Å²) in [7, 11) is 0. The van der Waals surface area contributed by atoms with Gasteiger partial charge in [0.15, 0.2) is 5.69 Å². The molecule has 4 aromatic rings. The molecule has 0 unspecified atom stereocenters. The van der Waals surface area contributed by atoms with Crippen LogP contribution in [0.1, 0.15) is 45.7 Å². The van der Waals surface area contributed by atoms with E-state index in [1.165, 1.54) is 16.0 Å². The number of nitrogens with zero attached hydrogens (tertiary/aromatic N) is 3. The van der Waals surface area contributed by atoms with E-state index in [-0.39, 0.29) is 17.3 Å². The summed E-state index contributed by atoms with van der Waals surface area (Å²) < 4.78 is 1.25. The Morgan fingerprint density at radius 2 is 1.73 bits per heavy atom. The number of carbonyl (C=O) groups is 2. The third-order valence-electron chi connectivity index (χ3n) is 4.90. The van der Waals surface area contributed by atoms with E-state index in [1.807, 2.05) is 12.1 Å². The first-order valence-corrected chi connectivity index (χ1v) is 11.3. The van der Waals surface area contributed by atoms with E-state index in [2.05, 4.69) is 20.9 Å². The number of benzene rings is 2. The molecule has 0 radical (unpaired) electrons. The predicted octanol–water partition coefficient (Wildman–Crippen LogP) is 4.14. The minimum absolute atomic E-state index is 0.0415. The molecule has 2 aromatic heterocycles. The summed E-state index contributed by atoms with van der Waals surface area (Å²) in [5.74, 6) is -1.14. The summed E-state index contributed by atoms with van der Waals surface area (Å²) in [5.41, 5.74) is 5.90. The average Bonchev–Trinajstić information content (AvgIpc) is 3.19. The Bertz CT molecular complexity index is 1440. The molecule has 168 valence electrons. The van der Waals surface area contributed by atoms with Gasteiger partial charge in [-0.2, -0.15) is 5.10 Å². The molecule has 8 nitrogen and oxygen atoms in total. The largest absolute Gasteiger partial charge is 0.290 e. The zero-order valence-electron chi connectivity index (χ0n) is 18.0. The standard InChI is InChI=1S/C23H20ClN5O3S/c1-12(2)29-23(32)17-10-5-4-9-16(17)18(28-29)20(30)26-27-21(31)19-13(3)25-22(33-19)14-7-6-8-15(24)11-14/h4-12H,1-3H3,(H,26,30)(H,27,31). The summed E-state index contributed by atoms with van der Waals surface area (Å²) >= 11 is 7.24. The summed E-state index contributed by atoms with van der Waals surface area (Å²) in [4.78, 5) is 43.1. The number of aromatic nitrogens is 3. The Balaban J connectivity index is 1.58. The van der Waals surface area contributed by atoms with Gasteiger partial charge in [0.25, 0.3) is 17.4 Å². The van der Waals surface area contributed by atoms with Crippen molar-refractivity contribution in [1.82, 2.24) is 25.6 Å². The van der Waals surface area contributed by atoms with E-state index in [0.29, 0.717) is 31.4 Å². The normalized spacial score (nSPS) is 11.1. The molecule has 0 saturated heterocycles. The van der Waals surface area contributed by atoms with Crippen molar-refractivity contribution in [1.29, 1.82) is 0 Å². The maximum atomic E-state index is 12.9. The van der Waals surface area contributed by atoms with E-state index >= 15 is 0 Å². The fourth-order valence-corrected chi connectivity index (χ4v) is 4.45. The second-order valence-electron chi connectivity index (χ2n) is 7.59. The molecule has 2 N–H and O–H groups in total. The third kappa shape index (κ3) is 4.50. The molecule has 0 saturated carbocycles. The van der Waals surface area contributed by atoms with Crippen LogP contribution in [0.15, 0.2) is 53.3 Å². The van der Waals surface area contributed by atoms with Crippen LogP contribution in [0, 0.1) is 6.92 Å². The zero-order valence-corrected chi connectivity index (χ0v) is 19.6. The molecule has 0 bridgehead atoms. The quantitative estimate of drug-likeness (QED) is 0.426. The first kappa shape index (κ1) is 22.6. The second kappa shape index (κ2) is 9.13. The molecule has 4 rings (SSSR count). The van der Waals surface area contributed by atoms with Crippen molar-refractivity contribution in [3.8, 4) is 10.6 Å². The van der Waals surface area contributed by atoms with Crippen LogP contribution in [0.25, 0.3) is 21.3 Å².